The molecule has 0 aliphatic heterocycles. The Morgan fingerprint density at radius 1 is 1.35 bits per heavy atom. The third-order valence-electron chi connectivity index (χ3n) is 2.80. The lowest BCUT2D eigenvalue weighted by Gasteiger charge is -2.05. The van der Waals surface area contributed by atoms with Crippen molar-refractivity contribution in [3.05, 3.63) is 47.5 Å². The van der Waals surface area contributed by atoms with E-state index in [0.717, 1.165) is 0 Å². The minimum Gasteiger partial charge on any atom is -0.476 e. The number of carboxylic acids is 1. The molecule has 2 aromatic rings. The van der Waals surface area contributed by atoms with Crippen LogP contribution in [0.25, 0.3) is 0 Å². The number of rotatable bonds is 7. The number of aromatic nitrogens is 3. The van der Waals surface area contributed by atoms with Gasteiger partial charge in [-0.15, -0.1) is 5.10 Å². The van der Waals surface area contributed by atoms with E-state index in [1.807, 2.05) is 0 Å². The fourth-order valence-corrected chi connectivity index (χ4v) is 1.75. The largest absolute Gasteiger partial charge is 0.476 e. The van der Waals surface area contributed by atoms with Crippen LogP contribution in [0.3, 0.4) is 0 Å². The highest BCUT2D eigenvalue weighted by molar-refractivity contribution is 5.84. The molecule has 1 aromatic heterocycles. The highest BCUT2D eigenvalue weighted by Crippen LogP contribution is 2.05. The molecule has 0 spiro atoms. The monoisotopic (exact) mass is 278 g/mol. The van der Waals surface area contributed by atoms with E-state index in [4.69, 9.17) is 5.11 Å². The molecule has 0 atom stereocenters. The van der Waals surface area contributed by atoms with Gasteiger partial charge in [0.05, 0.1) is 12.7 Å². The van der Waals surface area contributed by atoms with Crippen LogP contribution in [-0.2, 0) is 13.0 Å². The molecule has 0 fully saturated rings. The van der Waals surface area contributed by atoms with Crippen LogP contribution in [0.2, 0.25) is 0 Å². The first-order valence-corrected chi connectivity index (χ1v) is 6.24. The Morgan fingerprint density at radius 3 is 2.85 bits per heavy atom. The number of carboxylic acid groups (broad SMARTS) is 1. The number of carbonyl (C=O) groups is 1. The third-order valence-corrected chi connectivity index (χ3v) is 2.80. The molecule has 1 aromatic carbocycles. The summed E-state index contributed by atoms with van der Waals surface area (Å²) in [5, 5.41) is 19.0. The van der Waals surface area contributed by atoms with E-state index in [1.165, 1.54) is 16.9 Å². The number of aromatic carboxylic acids is 1. The van der Waals surface area contributed by atoms with Crippen LogP contribution in [0.5, 0.6) is 0 Å². The summed E-state index contributed by atoms with van der Waals surface area (Å²) < 4.78 is 14.8. The van der Waals surface area contributed by atoms with Crippen molar-refractivity contribution in [3.8, 4) is 0 Å². The summed E-state index contributed by atoms with van der Waals surface area (Å²) in [6, 6.07) is 6.67. The molecule has 20 heavy (non-hydrogen) atoms. The van der Waals surface area contributed by atoms with Crippen LogP contribution in [0, 0.1) is 5.82 Å². The van der Waals surface area contributed by atoms with E-state index in [0.29, 0.717) is 31.6 Å². The summed E-state index contributed by atoms with van der Waals surface area (Å²) >= 11 is 0. The Balaban J connectivity index is 1.69. The van der Waals surface area contributed by atoms with Crippen molar-refractivity contribution in [2.24, 2.45) is 0 Å². The molecular weight excluding hydrogens is 263 g/mol. The van der Waals surface area contributed by atoms with Gasteiger partial charge in [-0.1, -0.05) is 23.4 Å². The average Bonchev–Trinajstić information content (AvgIpc) is 2.89. The number of nitrogens with zero attached hydrogens (tertiary/aromatic N) is 3. The van der Waals surface area contributed by atoms with Crippen molar-refractivity contribution < 1.29 is 14.3 Å². The molecule has 6 nitrogen and oxygen atoms in total. The summed E-state index contributed by atoms with van der Waals surface area (Å²) in [7, 11) is 0. The molecule has 0 unspecified atom stereocenters. The van der Waals surface area contributed by atoms with Crippen LogP contribution in [0.4, 0.5) is 4.39 Å². The zero-order chi connectivity index (χ0) is 14.4. The van der Waals surface area contributed by atoms with Gasteiger partial charge in [0.2, 0.25) is 0 Å². The minimum atomic E-state index is -1.09. The van der Waals surface area contributed by atoms with Gasteiger partial charge in [-0.2, -0.15) is 0 Å². The summed E-state index contributed by atoms with van der Waals surface area (Å²) in [6.07, 6.45) is 1.98. The highest BCUT2D eigenvalue weighted by Gasteiger charge is 2.07. The molecule has 7 heteroatoms. The van der Waals surface area contributed by atoms with Gasteiger partial charge in [0, 0.05) is 6.54 Å². The molecule has 1 heterocycles. The van der Waals surface area contributed by atoms with Crippen molar-refractivity contribution in [1.29, 1.82) is 0 Å². The molecular formula is C13H15FN4O2. The molecule has 0 saturated heterocycles. The maximum absolute atomic E-state index is 13.3. The Kier molecular flexibility index (Phi) is 4.78. The van der Waals surface area contributed by atoms with E-state index in [2.05, 4.69) is 15.6 Å². The normalized spacial score (nSPS) is 10.7. The van der Waals surface area contributed by atoms with E-state index in [1.54, 1.807) is 18.2 Å². The van der Waals surface area contributed by atoms with Gasteiger partial charge >= 0.3 is 5.97 Å². The zero-order valence-corrected chi connectivity index (χ0v) is 10.8. The Hall–Kier alpha value is -2.28. The second-order valence-corrected chi connectivity index (χ2v) is 4.26. The van der Waals surface area contributed by atoms with Crippen LogP contribution in [0.15, 0.2) is 30.5 Å². The second kappa shape index (κ2) is 6.76. The van der Waals surface area contributed by atoms with Gasteiger partial charge in [0.15, 0.2) is 5.69 Å². The van der Waals surface area contributed by atoms with Gasteiger partial charge in [-0.3, -0.25) is 4.68 Å². The van der Waals surface area contributed by atoms with Gasteiger partial charge in [0.25, 0.3) is 0 Å². The maximum atomic E-state index is 13.3. The van der Waals surface area contributed by atoms with E-state index in [-0.39, 0.29) is 11.5 Å². The molecule has 2 N–H and O–H groups in total. The molecule has 0 aliphatic carbocycles. The van der Waals surface area contributed by atoms with E-state index < -0.39 is 5.97 Å². The number of benzene rings is 1. The van der Waals surface area contributed by atoms with E-state index in [9.17, 15) is 9.18 Å². The third kappa shape index (κ3) is 3.86. The van der Waals surface area contributed by atoms with Gasteiger partial charge in [0.1, 0.15) is 5.82 Å². The lowest BCUT2D eigenvalue weighted by molar-refractivity contribution is 0.0690. The van der Waals surface area contributed by atoms with Gasteiger partial charge in [-0.25, -0.2) is 9.18 Å². The summed E-state index contributed by atoms with van der Waals surface area (Å²) in [5.41, 5.74) is 0.602. The molecule has 0 bridgehead atoms. The SMILES string of the molecule is O=C(O)c1cn(CCNCCc2ccccc2F)nn1. The van der Waals surface area contributed by atoms with Gasteiger partial charge < -0.3 is 10.4 Å². The summed E-state index contributed by atoms with van der Waals surface area (Å²) in [5.74, 6) is -1.29. The number of halogens is 1. The predicted octanol–water partition coefficient (Wildman–Crippen LogP) is 0.948. The predicted molar refractivity (Wildman–Crippen MR) is 70.0 cm³/mol. The van der Waals surface area contributed by atoms with Crippen LogP contribution in [0.1, 0.15) is 16.1 Å². The molecule has 2 rings (SSSR count). The number of nitrogens with one attached hydrogen (secondary N) is 1. The number of hydrogen-bond acceptors (Lipinski definition) is 4. The van der Waals surface area contributed by atoms with Crippen molar-refractivity contribution in [2.75, 3.05) is 13.1 Å². The van der Waals surface area contributed by atoms with Crippen LogP contribution >= 0.6 is 0 Å². The van der Waals surface area contributed by atoms with Crippen molar-refractivity contribution in [3.63, 3.8) is 0 Å². The first kappa shape index (κ1) is 14.1. The van der Waals surface area contributed by atoms with Gasteiger partial charge in [-0.05, 0) is 24.6 Å². The Labute approximate surface area is 115 Å². The average molecular weight is 278 g/mol. The lowest BCUT2D eigenvalue weighted by atomic mass is 10.1. The fourth-order valence-electron chi connectivity index (χ4n) is 1.75. The Morgan fingerprint density at radius 2 is 2.15 bits per heavy atom. The first-order chi connectivity index (χ1) is 9.66. The lowest BCUT2D eigenvalue weighted by Crippen LogP contribution is -2.22. The highest BCUT2D eigenvalue weighted by atomic mass is 19.1. The van der Waals surface area contributed by atoms with Crippen LogP contribution < -0.4 is 5.32 Å². The number of hydrogen-bond donors (Lipinski definition) is 2. The molecule has 0 aliphatic rings. The fraction of sp³-hybridized carbons (Fsp3) is 0.308. The second-order valence-electron chi connectivity index (χ2n) is 4.26. The quantitative estimate of drug-likeness (QED) is 0.737. The summed E-state index contributed by atoms with van der Waals surface area (Å²) in [6.45, 7) is 1.76. The standard InChI is InChI=1S/C13H15FN4O2/c14-11-4-2-1-3-10(11)5-6-15-7-8-18-9-12(13(19)20)16-17-18/h1-4,9,15H,5-8H2,(H,19,20). The van der Waals surface area contributed by atoms with Crippen LogP contribution in [-0.4, -0.2) is 39.2 Å². The summed E-state index contributed by atoms with van der Waals surface area (Å²) in [4.78, 5) is 10.6. The van der Waals surface area contributed by atoms with Crippen molar-refractivity contribution in [2.45, 2.75) is 13.0 Å². The van der Waals surface area contributed by atoms with Crippen molar-refractivity contribution in [1.82, 2.24) is 20.3 Å². The smallest absolute Gasteiger partial charge is 0.358 e. The molecule has 106 valence electrons. The molecule has 0 amide bonds. The maximum Gasteiger partial charge on any atom is 0.358 e. The molecule has 0 saturated carbocycles. The molecule has 0 radical (unpaired) electrons. The van der Waals surface area contributed by atoms with Crippen molar-refractivity contribution >= 4 is 5.97 Å². The van der Waals surface area contributed by atoms with E-state index >= 15 is 0 Å². The Bertz CT molecular complexity index is 585. The topological polar surface area (TPSA) is 80.0 Å². The minimum absolute atomic E-state index is 0.0728. The first-order valence-electron chi connectivity index (χ1n) is 6.24. The zero-order valence-electron chi connectivity index (χ0n) is 10.8.